The number of aliphatic carboxylic acids is 2. The predicted octanol–water partition coefficient (Wildman–Crippen LogP) is 3.24. The molecule has 0 aliphatic carbocycles. The fourth-order valence-corrected chi connectivity index (χ4v) is 6.30. The molecule has 270 valence electrons. The van der Waals surface area contributed by atoms with Crippen LogP contribution in [0.1, 0.15) is 46.7 Å². The SMILES string of the molecule is N=C(N)c1ccc(C2(Cc3ccccc3)C(=O)/C(=C/CC(=O)N[C@@H](CC(=O)O)C(=O)N[C@H](C(=O)O)c3ccccc3)C(=O)N2Cc2ccccc2)cc1. The first-order valence-electron chi connectivity index (χ1n) is 16.6. The Morgan fingerprint density at radius 1 is 0.792 bits per heavy atom. The van der Waals surface area contributed by atoms with E-state index in [1.54, 1.807) is 42.5 Å². The zero-order valence-electron chi connectivity index (χ0n) is 28.4. The number of likely N-dealkylation sites (tertiary alicyclic amines) is 1. The number of nitrogen functional groups attached to an aromatic ring is 1. The Kier molecular flexibility index (Phi) is 11.6. The van der Waals surface area contributed by atoms with Crippen LogP contribution < -0.4 is 16.4 Å². The smallest absolute Gasteiger partial charge is 0.330 e. The summed E-state index contributed by atoms with van der Waals surface area (Å²) in [6, 6.07) is 29.2. The molecule has 4 aromatic carbocycles. The lowest BCUT2D eigenvalue weighted by atomic mass is 9.79. The minimum Gasteiger partial charge on any atom is -0.481 e. The van der Waals surface area contributed by atoms with Crippen molar-refractivity contribution >= 4 is 41.3 Å². The molecule has 1 unspecified atom stereocenters. The molecule has 53 heavy (non-hydrogen) atoms. The quantitative estimate of drug-likeness (QED) is 0.0460. The third kappa shape index (κ3) is 8.53. The van der Waals surface area contributed by atoms with E-state index in [-0.39, 0.29) is 29.9 Å². The first kappa shape index (κ1) is 37.4. The molecule has 0 saturated carbocycles. The lowest BCUT2D eigenvalue weighted by Crippen LogP contribution is -2.49. The molecule has 13 heteroatoms. The van der Waals surface area contributed by atoms with Crippen molar-refractivity contribution in [2.45, 2.75) is 43.4 Å². The van der Waals surface area contributed by atoms with E-state index in [0.717, 1.165) is 17.2 Å². The van der Waals surface area contributed by atoms with Gasteiger partial charge in [0.25, 0.3) is 5.91 Å². The molecule has 1 aliphatic rings. The summed E-state index contributed by atoms with van der Waals surface area (Å²) < 4.78 is 0. The minimum absolute atomic E-state index is 0.0310. The van der Waals surface area contributed by atoms with Gasteiger partial charge in [-0.3, -0.25) is 29.4 Å². The number of nitrogens with two attached hydrogens (primary N) is 1. The van der Waals surface area contributed by atoms with Gasteiger partial charge in [-0.25, -0.2) is 4.79 Å². The van der Waals surface area contributed by atoms with Gasteiger partial charge in [-0.2, -0.15) is 0 Å². The van der Waals surface area contributed by atoms with E-state index in [4.69, 9.17) is 11.1 Å². The number of hydrogen-bond donors (Lipinski definition) is 6. The van der Waals surface area contributed by atoms with Crippen molar-refractivity contribution < 1.29 is 39.0 Å². The van der Waals surface area contributed by atoms with Gasteiger partial charge in [0.05, 0.1) is 12.0 Å². The molecule has 0 spiro atoms. The van der Waals surface area contributed by atoms with Crippen LogP contribution in [0.25, 0.3) is 0 Å². The van der Waals surface area contributed by atoms with E-state index < -0.39 is 65.9 Å². The number of carboxylic acids is 2. The number of carboxylic acid groups (broad SMARTS) is 2. The highest BCUT2D eigenvalue weighted by Gasteiger charge is 2.56. The van der Waals surface area contributed by atoms with Crippen LogP contribution >= 0.6 is 0 Å². The Morgan fingerprint density at radius 2 is 1.36 bits per heavy atom. The van der Waals surface area contributed by atoms with Crippen molar-refractivity contribution in [2.75, 3.05) is 0 Å². The van der Waals surface area contributed by atoms with Crippen molar-refractivity contribution in [2.24, 2.45) is 5.73 Å². The van der Waals surface area contributed by atoms with Crippen molar-refractivity contribution in [1.82, 2.24) is 15.5 Å². The average molecular weight is 716 g/mol. The monoisotopic (exact) mass is 715 g/mol. The van der Waals surface area contributed by atoms with Gasteiger partial charge in [0, 0.05) is 24.9 Å². The molecule has 3 amide bonds. The first-order chi connectivity index (χ1) is 25.4. The topological polar surface area (TPSA) is 220 Å². The van der Waals surface area contributed by atoms with Crippen LogP contribution in [0.15, 0.2) is 127 Å². The second-order valence-electron chi connectivity index (χ2n) is 12.5. The van der Waals surface area contributed by atoms with Crippen LogP contribution in [0, 0.1) is 5.41 Å². The summed E-state index contributed by atoms with van der Waals surface area (Å²) in [5.41, 5.74) is 6.43. The van der Waals surface area contributed by atoms with Gasteiger partial charge in [-0.1, -0.05) is 121 Å². The van der Waals surface area contributed by atoms with E-state index in [9.17, 15) is 39.0 Å². The fourth-order valence-electron chi connectivity index (χ4n) is 6.30. The van der Waals surface area contributed by atoms with Gasteiger partial charge in [0.2, 0.25) is 11.8 Å². The van der Waals surface area contributed by atoms with Gasteiger partial charge < -0.3 is 31.5 Å². The van der Waals surface area contributed by atoms with E-state index in [2.05, 4.69) is 10.6 Å². The van der Waals surface area contributed by atoms with E-state index in [1.165, 1.54) is 17.0 Å². The second kappa shape index (κ2) is 16.4. The molecule has 1 fully saturated rings. The number of nitrogens with zero attached hydrogens (tertiary/aromatic N) is 1. The summed E-state index contributed by atoms with van der Waals surface area (Å²) in [6.45, 7) is 0.0310. The Balaban J connectivity index is 1.48. The van der Waals surface area contributed by atoms with Crippen LogP contribution in [0.4, 0.5) is 0 Å². The fraction of sp³-hybridized carbons (Fsp3) is 0.175. The van der Waals surface area contributed by atoms with Crippen LogP contribution in [0.5, 0.6) is 0 Å². The highest BCUT2D eigenvalue weighted by Crippen LogP contribution is 2.43. The Morgan fingerprint density at radius 3 is 1.91 bits per heavy atom. The number of carbonyl (C=O) groups is 6. The molecule has 3 atom stereocenters. The molecular weight excluding hydrogens is 678 g/mol. The molecule has 0 aromatic heterocycles. The number of benzene rings is 4. The lowest BCUT2D eigenvalue weighted by Gasteiger charge is -2.37. The molecule has 4 aromatic rings. The number of ketones is 1. The summed E-state index contributed by atoms with van der Waals surface area (Å²) in [5, 5.41) is 31.7. The molecular formula is C40H37N5O8. The number of Topliss-reactive ketones (excluding diaryl/α,β-unsaturated/α-hetero) is 1. The van der Waals surface area contributed by atoms with E-state index in [0.29, 0.717) is 11.1 Å². The van der Waals surface area contributed by atoms with Crippen LogP contribution in [0.2, 0.25) is 0 Å². The first-order valence-corrected chi connectivity index (χ1v) is 16.6. The summed E-state index contributed by atoms with van der Waals surface area (Å²) in [4.78, 5) is 80.6. The van der Waals surface area contributed by atoms with E-state index in [1.807, 2.05) is 60.7 Å². The normalized spacial score (nSPS) is 17.2. The molecule has 1 aliphatic heterocycles. The average Bonchev–Trinajstić information content (AvgIpc) is 3.34. The number of carbonyl (C=O) groups excluding carboxylic acids is 4. The third-order valence-electron chi connectivity index (χ3n) is 8.90. The van der Waals surface area contributed by atoms with Crippen LogP contribution in [0.3, 0.4) is 0 Å². The largest absolute Gasteiger partial charge is 0.481 e. The number of amidine groups is 1. The number of nitrogens with one attached hydrogen (secondary N) is 3. The van der Waals surface area contributed by atoms with Gasteiger partial charge in [0.1, 0.15) is 17.4 Å². The molecule has 13 nitrogen and oxygen atoms in total. The maximum atomic E-state index is 14.7. The van der Waals surface area contributed by atoms with Crippen molar-refractivity contribution in [3.8, 4) is 0 Å². The summed E-state index contributed by atoms with van der Waals surface area (Å²) in [5.74, 6) is -6.18. The molecule has 0 bridgehead atoms. The zero-order valence-corrected chi connectivity index (χ0v) is 28.4. The second-order valence-corrected chi connectivity index (χ2v) is 12.5. The molecule has 0 radical (unpaired) electrons. The molecule has 7 N–H and O–H groups in total. The van der Waals surface area contributed by atoms with E-state index >= 15 is 0 Å². The summed E-state index contributed by atoms with van der Waals surface area (Å²) in [6.07, 6.45) is -0.217. The molecule has 1 heterocycles. The maximum absolute atomic E-state index is 14.7. The minimum atomic E-state index is -1.68. The van der Waals surface area contributed by atoms with Gasteiger partial charge in [-0.15, -0.1) is 0 Å². The Bertz CT molecular complexity index is 2050. The maximum Gasteiger partial charge on any atom is 0.330 e. The molecule has 5 rings (SSSR count). The van der Waals surface area contributed by atoms with Gasteiger partial charge >= 0.3 is 11.9 Å². The summed E-state index contributed by atoms with van der Waals surface area (Å²) in [7, 11) is 0. The predicted molar refractivity (Wildman–Crippen MR) is 193 cm³/mol. The Labute approximate surface area is 304 Å². The van der Waals surface area contributed by atoms with Crippen molar-refractivity contribution in [3.63, 3.8) is 0 Å². The number of rotatable bonds is 15. The van der Waals surface area contributed by atoms with Gasteiger partial charge in [-0.05, 0) is 22.3 Å². The highest BCUT2D eigenvalue weighted by atomic mass is 16.4. The van der Waals surface area contributed by atoms with Crippen molar-refractivity contribution in [3.05, 3.63) is 155 Å². The zero-order chi connectivity index (χ0) is 38.1. The number of hydrogen-bond acceptors (Lipinski definition) is 7. The van der Waals surface area contributed by atoms with Crippen molar-refractivity contribution in [1.29, 1.82) is 5.41 Å². The lowest BCUT2D eigenvalue weighted by molar-refractivity contribution is -0.143. The summed E-state index contributed by atoms with van der Waals surface area (Å²) >= 11 is 0. The van der Waals surface area contributed by atoms with Crippen LogP contribution in [-0.2, 0) is 47.3 Å². The highest BCUT2D eigenvalue weighted by molar-refractivity contribution is 6.28. The third-order valence-corrected chi connectivity index (χ3v) is 8.90. The van der Waals surface area contributed by atoms with Gasteiger partial charge in [0.15, 0.2) is 11.8 Å². The number of amides is 3. The Hall–Kier alpha value is -6.89. The molecule has 1 saturated heterocycles. The van der Waals surface area contributed by atoms with Crippen LogP contribution in [-0.4, -0.2) is 62.4 Å². The standard InChI is InChI=1S/C40H37N5O8/c41-36(42)28-16-18-29(19-17-28)40(23-25-10-4-1-5-11-25)35(49)30(38(51)45(40)24-26-12-6-2-7-13-26)20-21-32(46)43-31(22-33(47)48)37(50)44-34(39(52)53)27-14-8-3-9-15-27/h1-20,31,34H,21-24H2,(H3,41,42)(H,43,46)(H,44,50)(H,47,48)(H,52,53)/b30-20-/t31-,34-,40?/m0/s1.